The first-order chi connectivity index (χ1) is 12.1. The molecule has 2 aromatic rings. The maximum atomic E-state index is 12.7. The second kappa shape index (κ2) is 6.75. The van der Waals surface area contributed by atoms with Crippen molar-refractivity contribution in [2.24, 2.45) is 11.8 Å². The van der Waals surface area contributed by atoms with E-state index in [9.17, 15) is 4.79 Å². The lowest BCUT2D eigenvalue weighted by Gasteiger charge is -2.35. The van der Waals surface area contributed by atoms with E-state index >= 15 is 0 Å². The monoisotopic (exact) mass is 342 g/mol. The van der Waals surface area contributed by atoms with Crippen LogP contribution in [0, 0.1) is 11.8 Å². The summed E-state index contributed by atoms with van der Waals surface area (Å²) < 4.78 is 4.88. The summed E-state index contributed by atoms with van der Waals surface area (Å²) in [5.41, 5.74) is 2.73. The van der Waals surface area contributed by atoms with Crippen LogP contribution in [0.15, 0.2) is 22.8 Å². The minimum atomic E-state index is 0.283. The van der Waals surface area contributed by atoms with Gasteiger partial charge in [-0.05, 0) is 46.6 Å². The maximum Gasteiger partial charge on any atom is 0.224 e. The highest BCUT2D eigenvalue weighted by molar-refractivity contribution is 5.78. The van der Waals surface area contributed by atoms with Gasteiger partial charge in [-0.1, -0.05) is 26.0 Å². The van der Waals surface area contributed by atoms with Gasteiger partial charge in [0.1, 0.15) is 11.0 Å². The number of carbonyl (C=O) groups is 1. The summed E-state index contributed by atoms with van der Waals surface area (Å²) in [6, 6.07) is 6.26. The lowest BCUT2D eigenvalue weighted by atomic mass is 10.0. The fourth-order valence-electron chi connectivity index (χ4n) is 3.80. The molecule has 2 aliphatic rings. The Morgan fingerprint density at radius 2 is 2.12 bits per heavy atom. The van der Waals surface area contributed by atoms with Gasteiger partial charge in [-0.15, -0.1) is 0 Å². The molecule has 0 bridgehead atoms. The summed E-state index contributed by atoms with van der Waals surface area (Å²) in [5.74, 6) is 1.49. The Balaban J connectivity index is 1.54. The van der Waals surface area contributed by atoms with Crippen molar-refractivity contribution in [3.05, 3.63) is 23.8 Å². The normalized spacial score (nSPS) is 22.8. The molecule has 4 rings (SSSR count). The molecular formula is C19H26N4O2. The molecule has 1 saturated carbocycles. The molecule has 2 heterocycles. The third-order valence-electron chi connectivity index (χ3n) is 5.49. The van der Waals surface area contributed by atoms with E-state index < -0.39 is 0 Å². The molecule has 1 aromatic carbocycles. The summed E-state index contributed by atoms with van der Waals surface area (Å²) >= 11 is 0. The highest BCUT2D eigenvalue weighted by atomic mass is 16.6. The molecule has 0 unspecified atom stereocenters. The largest absolute Gasteiger partial charge is 0.338 e. The van der Waals surface area contributed by atoms with Crippen LogP contribution in [0.25, 0.3) is 11.0 Å². The van der Waals surface area contributed by atoms with Crippen LogP contribution in [0.3, 0.4) is 0 Å². The number of aromatic nitrogens is 2. The van der Waals surface area contributed by atoms with Crippen molar-refractivity contribution in [2.75, 3.05) is 19.6 Å². The predicted octanol–water partition coefficient (Wildman–Crippen LogP) is 2.69. The van der Waals surface area contributed by atoms with Gasteiger partial charge in [0, 0.05) is 38.6 Å². The SMILES string of the molecule is CC(C)[C@@H]1CN(Cc2cccc3nonc23)CCC(=O)N1CC1CC1. The topological polar surface area (TPSA) is 62.5 Å². The number of hydrogen-bond acceptors (Lipinski definition) is 5. The van der Waals surface area contributed by atoms with Gasteiger partial charge < -0.3 is 4.90 Å². The number of rotatable bonds is 5. The highest BCUT2D eigenvalue weighted by Gasteiger charge is 2.35. The zero-order chi connectivity index (χ0) is 17.4. The molecule has 0 radical (unpaired) electrons. The summed E-state index contributed by atoms with van der Waals surface area (Å²) in [6.07, 6.45) is 3.15. The average Bonchev–Trinajstić information content (AvgIpc) is 3.31. The van der Waals surface area contributed by atoms with Crippen molar-refractivity contribution in [1.29, 1.82) is 0 Å². The van der Waals surface area contributed by atoms with Gasteiger partial charge in [0.2, 0.25) is 5.91 Å². The number of carbonyl (C=O) groups excluding carboxylic acids is 1. The fourth-order valence-corrected chi connectivity index (χ4v) is 3.80. The second-order valence-corrected chi connectivity index (χ2v) is 7.84. The summed E-state index contributed by atoms with van der Waals surface area (Å²) in [7, 11) is 0. The first-order valence-corrected chi connectivity index (χ1v) is 9.34. The van der Waals surface area contributed by atoms with Crippen molar-refractivity contribution in [1.82, 2.24) is 20.1 Å². The van der Waals surface area contributed by atoms with Crippen LogP contribution in [-0.2, 0) is 11.3 Å². The van der Waals surface area contributed by atoms with Crippen LogP contribution >= 0.6 is 0 Å². The molecule has 6 nitrogen and oxygen atoms in total. The van der Waals surface area contributed by atoms with Crippen LogP contribution in [-0.4, -0.2) is 51.7 Å². The van der Waals surface area contributed by atoms with Crippen molar-refractivity contribution in [2.45, 2.75) is 45.7 Å². The Bertz CT molecular complexity index is 753. The first-order valence-electron chi connectivity index (χ1n) is 9.34. The molecule has 1 aliphatic heterocycles. The van der Waals surface area contributed by atoms with E-state index in [0.29, 0.717) is 18.2 Å². The average molecular weight is 342 g/mol. The standard InChI is InChI=1S/C19H26N4O2/c1-13(2)17-12-22(9-8-18(24)23(17)10-14-6-7-14)11-15-4-3-5-16-19(15)21-25-20-16/h3-5,13-14,17H,6-12H2,1-2H3/t17-/m0/s1. The first kappa shape index (κ1) is 16.5. The molecule has 0 N–H and O–H groups in total. The van der Waals surface area contributed by atoms with Crippen molar-refractivity contribution < 1.29 is 9.42 Å². The minimum Gasteiger partial charge on any atom is -0.338 e. The molecule has 25 heavy (non-hydrogen) atoms. The Hall–Kier alpha value is -1.95. The zero-order valence-electron chi connectivity index (χ0n) is 15.0. The van der Waals surface area contributed by atoms with Gasteiger partial charge in [0.25, 0.3) is 0 Å². The minimum absolute atomic E-state index is 0.283. The predicted molar refractivity (Wildman–Crippen MR) is 94.8 cm³/mol. The molecule has 1 aliphatic carbocycles. The van der Waals surface area contributed by atoms with Gasteiger partial charge in [0.15, 0.2) is 0 Å². The summed E-state index contributed by atoms with van der Waals surface area (Å²) in [5, 5.41) is 7.98. The Morgan fingerprint density at radius 3 is 2.88 bits per heavy atom. The Kier molecular flexibility index (Phi) is 4.46. The van der Waals surface area contributed by atoms with Crippen molar-refractivity contribution in [3.8, 4) is 0 Å². The van der Waals surface area contributed by atoms with E-state index in [2.05, 4.69) is 40.0 Å². The number of benzene rings is 1. The molecule has 1 amide bonds. The molecule has 1 atom stereocenters. The van der Waals surface area contributed by atoms with Crippen LogP contribution in [0.2, 0.25) is 0 Å². The van der Waals surface area contributed by atoms with Gasteiger partial charge in [-0.3, -0.25) is 9.69 Å². The number of amides is 1. The van der Waals surface area contributed by atoms with Crippen LogP contribution in [0.5, 0.6) is 0 Å². The van der Waals surface area contributed by atoms with Crippen LogP contribution in [0.1, 0.15) is 38.7 Å². The number of hydrogen-bond donors (Lipinski definition) is 0. The van der Waals surface area contributed by atoms with E-state index in [4.69, 9.17) is 4.63 Å². The van der Waals surface area contributed by atoms with Crippen molar-refractivity contribution >= 4 is 16.9 Å². The Morgan fingerprint density at radius 1 is 1.28 bits per heavy atom. The smallest absolute Gasteiger partial charge is 0.224 e. The highest BCUT2D eigenvalue weighted by Crippen LogP contribution is 2.32. The quantitative estimate of drug-likeness (QED) is 0.836. The molecule has 134 valence electrons. The maximum absolute atomic E-state index is 12.7. The lowest BCUT2D eigenvalue weighted by molar-refractivity contribution is -0.133. The third kappa shape index (κ3) is 3.54. The van der Waals surface area contributed by atoms with E-state index in [1.54, 1.807) is 0 Å². The number of fused-ring (bicyclic) bond motifs is 1. The van der Waals surface area contributed by atoms with E-state index in [0.717, 1.165) is 48.7 Å². The Labute approximate surface area is 148 Å². The second-order valence-electron chi connectivity index (χ2n) is 7.84. The van der Waals surface area contributed by atoms with Crippen molar-refractivity contribution in [3.63, 3.8) is 0 Å². The molecule has 1 aromatic heterocycles. The van der Waals surface area contributed by atoms with E-state index in [1.165, 1.54) is 12.8 Å². The van der Waals surface area contributed by atoms with Crippen LogP contribution in [0.4, 0.5) is 0 Å². The summed E-state index contributed by atoms with van der Waals surface area (Å²) in [6.45, 7) is 7.88. The summed E-state index contributed by atoms with van der Waals surface area (Å²) in [4.78, 5) is 17.3. The fraction of sp³-hybridized carbons (Fsp3) is 0.632. The molecular weight excluding hydrogens is 316 g/mol. The number of nitrogens with zero attached hydrogens (tertiary/aromatic N) is 4. The van der Waals surface area contributed by atoms with Gasteiger partial charge in [-0.25, -0.2) is 4.63 Å². The van der Waals surface area contributed by atoms with E-state index in [1.807, 2.05) is 12.1 Å². The van der Waals surface area contributed by atoms with E-state index in [-0.39, 0.29) is 6.04 Å². The zero-order valence-corrected chi connectivity index (χ0v) is 15.0. The molecule has 2 fully saturated rings. The third-order valence-corrected chi connectivity index (χ3v) is 5.49. The molecule has 1 saturated heterocycles. The molecule has 6 heteroatoms. The lowest BCUT2D eigenvalue weighted by Crippen LogP contribution is -2.47. The molecule has 0 spiro atoms. The van der Waals surface area contributed by atoms with Gasteiger partial charge in [0.05, 0.1) is 0 Å². The van der Waals surface area contributed by atoms with Gasteiger partial charge in [-0.2, -0.15) is 0 Å². The van der Waals surface area contributed by atoms with Crippen LogP contribution < -0.4 is 0 Å². The van der Waals surface area contributed by atoms with Gasteiger partial charge >= 0.3 is 0 Å².